The number of para-hydroxylation sites is 1. The van der Waals surface area contributed by atoms with Crippen LogP contribution in [0.15, 0.2) is 60.7 Å². The Morgan fingerprint density at radius 1 is 1.05 bits per heavy atom. The second kappa shape index (κ2) is 7.11. The number of aromatic nitrogens is 1. The molecule has 112 valence electrons. The minimum Gasteiger partial charge on any atom is -0.338 e. The van der Waals surface area contributed by atoms with Gasteiger partial charge in [0.2, 0.25) is 0 Å². The normalized spacial score (nSPS) is 9.86. The molecule has 0 amide bonds. The number of fused-ring (bicyclic) bond motifs is 1. The van der Waals surface area contributed by atoms with E-state index >= 15 is 0 Å². The Kier molecular flexibility index (Phi) is 5.20. The van der Waals surface area contributed by atoms with Crippen LogP contribution in [0, 0.1) is 0 Å². The van der Waals surface area contributed by atoms with Crippen LogP contribution >= 0.6 is 24.0 Å². The van der Waals surface area contributed by atoms with Crippen LogP contribution in [0.4, 0.5) is 5.69 Å². The Hall–Kier alpha value is -2.30. The van der Waals surface area contributed by atoms with Gasteiger partial charge in [-0.1, -0.05) is 48.0 Å². The Balaban J connectivity index is 0.00000176. The fraction of sp³-hybridized carbons (Fsp3) is 0. The van der Waals surface area contributed by atoms with E-state index in [4.69, 9.17) is 16.4 Å². The summed E-state index contributed by atoms with van der Waals surface area (Å²) in [5.74, 6) is -0.465. The molecule has 3 aromatic rings. The van der Waals surface area contributed by atoms with E-state index in [-0.39, 0.29) is 12.4 Å². The number of pyridine rings is 1. The summed E-state index contributed by atoms with van der Waals surface area (Å²) in [6, 6.07) is 17.8. The van der Waals surface area contributed by atoms with E-state index in [2.05, 4.69) is 10.5 Å². The predicted octanol–water partition coefficient (Wildman–Crippen LogP) is 4.49. The van der Waals surface area contributed by atoms with E-state index in [1.165, 1.54) is 0 Å². The first-order chi connectivity index (χ1) is 10.2. The average molecular weight is 335 g/mol. The lowest BCUT2D eigenvalue weighted by atomic mass is 10.2. The van der Waals surface area contributed by atoms with Gasteiger partial charge in [0, 0.05) is 11.5 Å². The van der Waals surface area contributed by atoms with Gasteiger partial charge in [0.05, 0.1) is 16.8 Å². The lowest BCUT2D eigenvalue weighted by Gasteiger charge is -2.10. The molecule has 6 heteroatoms. The van der Waals surface area contributed by atoms with Crippen molar-refractivity contribution in [3.63, 3.8) is 0 Å². The molecule has 1 heterocycles. The highest BCUT2D eigenvalue weighted by Crippen LogP contribution is 2.25. The molecule has 0 fully saturated rings. The summed E-state index contributed by atoms with van der Waals surface area (Å²) in [6.07, 6.45) is 0. The lowest BCUT2D eigenvalue weighted by Crippen LogP contribution is -2.11. The molecule has 22 heavy (non-hydrogen) atoms. The first-order valence-corrected chi connectivity index (χ1v) is 6.69. The fourth-order valence-electron chi connectivity index (χ4n) is 1.96. The number of carbonyl (C=O) groups is 1. The van der Waals surface area contributed by atoms with E-state index in [1.54, 1.807) is 30.3 Å². The molecule has 4 nitrogen and oxygen atoms in total. The van der Waals surface area contributed by atoms with Gasteiger partial charge >= 0.3 is 5.97 Å². The van der Waals surface area contributed by atoms with Gasteiger partial charge in [0.15, 0.2) is 0 Å². The van der Waals surface area contributed by atoms with E-state index in [9.17, 15) is 4.79 Å². The zero-order chi connectivity index (χ0) is 14.7. The van der Waals surface area contributed by atoms with Crippen molar-refractivity contribution in [2.45, 2.75) is 0 Å². The van der Waals surface area contributed by atoms with Crippen LogP contribution in [0.5, 0.6) is 0 Å². The molecule has 3 rings (SSSR count). The third kappa shape index (κ3) is 3.47. The SMILES string of the molecule is Cl.O=C(ONc1cc(Cl)nc2ccccc12)c1ccccc1. The Labute approximate surface area is 138 Å². The molecule has 1 aromatic heterocycles. The summed E-state index contributed by atoms with van der Waals surface area (Å²) >= 11 is 5.96. The first kappa shape index (κ1) is 16.1. The maximum absolute atomic E-state index is 11.9. The van der Waals surface area contributed by atoms with E-state index in [0.29, 0.717) is 16.4 Å². The van der Waals surface area contributed by atoms with Crippen LogP contribution in [-0.2, 0) is 4.84 Å². The van der Waals surface area contributed by atoms with Gasteiger partial charge in [-0.25, -0.2) is 15.3 Å². The monoisotopic (exact) mass is 334 g/mol. The quantitative estimate of drug-likeness (QED) is 0.566. The molecular weight excluding hydrogens is 323 g/mol. The number of nitrogens with one attached hydrogen (secondary N) is 1. The van der Waals surface area contributed by atoms with Crippen LogP contribution in [0.2, 0.25) is 5.15 Å². The number of anilines is 1. The second-order valence-corrected chi connectivity index (χ2v) is 4.75. The van der Waals surface area contributed by atoms with Crippen molar-refractivity contribution in [1.82, 2.24) is 4.98 Å². The zero-order valence-electron chi connectivity index (χ0n) is 11.3. The van der Waals surface area contributed by atoms with Crippen molar-refractivity contribution in [2.75, 3.05) is 5.48 Å². The maximum atomic E-state index is 11.9. The molecule has 0 radical (unpaired) electrons. The fourth-order valence-corrected chi connectivity index (χ4v) is 2.16. The molecule has 0 unspecified atom stereocenters. The third-order valence-electron chi connectivity index (χ3n) is 2.95. The number of halogens is 2. The highest BCUT2D eigenvalue weighted by atomic mass is 35.5. The van der Waals surface area contributed by atoms with Gasteiger partial charge in [-0.05, 0) is 18.2 Å². The zero-order valence-corrected chi connectivity index (χ0v) is 12.9. The molecule has 0 saturated carbocycles. The summed E-state index contributed by atoms with van der Waals surface area (Å²) in [6.45, 7) is 0. The molecular formula is C16H12Cl2N2O2. The number of nitrogens with zero attached hydrogens (tertiary/aromatic N) is 1. The van der Waals surface area contributed by atoms with Crippen LogP contribution in [0.1, 0.15) is 10.4 Å². The molecule has 0 spiro atoms. The van der Waals surface area contributed by atoms with E-state index < -0.39 is 5.97 Å². The van der Waals surface area contributed by atoms with Crippen LogP contribution in [0.25, 0.3) is 10.9 Å². The first-order valence-electron chi connectivity index (χ1n) is 6.31. The van der Waals surface area contributed by atoms with Gasteiger partial charge < -0.3 is 4.84 Å². The minimum atomic E-state index is -0.465. The molecule has 0 aliphatic rings. The maximum Gasteiger partial charge on any atom is 0.362 e. The summed E-state index contributed by atoms with van der Waals surface area (Å²) in [7, 11) is 0. The largest absolute Gasteiger partial charge is 0.362 e. The molecule has 0 aliphatic carbocycles. The smallest absolute Gasteiger partial charge is 0.338 e. The minimum absolute atomic E-state index is 0. The summed E-state index contributed by atoms with van der Waals surface area (Å²) in [5, 5.41) is 1.15. The van der Waals surface area contributed by atoms with Crippen molar-refractivity contribution < 1.29 is 9.63 Å². The van der Waals surface area contributed by atoms with Crippen molar-refractivity contribution in [2.24, 2.45) is 0 Å². The van der Waals surface area contributed by atoms with Gasteiger partial charge in [0.1, 0.15) is 5.15 Å². The Morgan fingerprint density at radius 2 is 1.73 bits per heavy atom. The highest BCUT2D eigenvalue weighted by Gasteiger charge is 2.09. The van der Waals surface area contributed by atoms with Gasteiger partial charge in [-0.3, -0.25) is 0 Å². The molecule has 0 bridgehead atoms. The Morgan fingerprint density at radius 3 is 2.50 bits per heavy atom. The van der Waals surface area contributed by atoms with Crippen LogP contribution < -0.4 is 5.48 Å². The van der Waals surface area contributed by atoms with Crippen molar-refractivity contribution >= 4 is 46.6 Å². The molecule has 1 N–H and O–H groups in total. The Bertz CT molecular complexity index is 795. The summed E-state index contributed by atoms with van der Waals surface area (Å²) < 4.78 is 0. The lowest BCUT2D eigenvalue weighted by molar-refractivity contribution is 0.0597. The van der Waals surface area contributed by atoms with E-state index in [1.807, 2.05) is 30.3 Å². The van der Waals surface area contributed by atoms with Crippen molar-refractivity contribution in [1.29, 1.82) is 0 Å². The van der Waals surface area contributed by atoms with Crippen molar-refractivity contribution in [3.05, 3.63) is 71.4 Å². The topological polar surface area (TPSA) is 51.2 Å². The summed E-state index contributed by atoms with van der Waals surface area (Å²) in [5.41, 5.74) is 4.44. The van der Waals surface area contributed by atoms with Crippen molar-refractivity contribution in [3.8, 4) is 0 Å². The highest BCUT2D eigenvalue weighted by molar-refractivity contribution is 6.30. The number of carbonyl (C=O) groups excluding carboxylic acids is 1. The number of rotatable bonds is 3. The second-order valence-electron chi connectivity index (χ2n) is 4.37. The van der Waals surface area contributed by atoms with Gasteiger partial charge in [-0.15, -0.1) is 12.4 Å². The molecule has 0 aliphatic heterocycles. The van der Waals surface area contributed by atoms with Gasteiger partial charge in [0.25, 0.3) is 0 Å². The van der Waals surface area contributed by atoms with E-state index in [0.717, 1.165) is 10.9 Å². The van der Waals surface area contributed by atoms with Gasteiger partial charge in [-0.2, -0.15) is 0 Å². The summed E-state index contributed by atoms with van der Waals surface area (Å²) in [4.78, 5) is 21.2. The standard InChI is InChI=1S/C16H11ClN2O2.ClH/c17-15-10-14(12-8-4-5-9-13(12)18-15)19-21-16(20)11-6-2-1-3-7-11;/h1-10H,(H,18,19);1H. The third-order valence-corrected chi connectivity index (χ3v) is 3.14. The van der Waals surface area contributed by atoms with Crippen LogP contribution in [0.3, 0.4) is 0 Å². The number of benzene rings is 2. The predicted molar refractivity (Wildman–Crippen MR) is 89.5 cm³/mol. The average Bonchev–Trinajstić information content (AvgIpc) is 2.53. The van der Waals surface area contributed by atoms with Crippen LogP contribution in [-0.4, -0.2) is 11.0 Å². The number of hydrogen-bond acceptors (Lipinski definition) is 4. The molecule has 2 aromatic carbocycles. The molecule has 0 saturated heterocycles. The molecule has 0 atom stereocenters. The number of hydrogen-bond donors (Lipinski definition) is 1.